The Balaban J connectivity index is 2.11. The molecule has 12 heteroatoms. The van der Waals surface area contributed by atoms with Crippen molar-refractivity contribution in [2.45, 2.75) is 76.8 Å². The van der Waals surface area contributed by atoms with Gasteiger partial charge in [0, 0.05) is 32.4 Å². The van der Waals surface area contributed by atoms with Crippen LogP contribution >= 0.6 is 0 Å². The maximum absolute atomic E-state index is 12.9. The van der Waals surface area contributed by atoms with E-state index in [9.17, 15) is 28.8 Å². The van der Waals surface area contributed by atoms with Crippen LogP contribution in [-0.4, -0.2) is 73.7 Å². The van der Waals surface area contributed by atoms with Crippen LogP contribution in [0.2, 0.25) is 0 Å². The number of carbonyl (C=O) groups excluding carboxylic acids is 6. The zero-order valence-corrected chi connectivity index (χ0v) is 23.2. The van der Waals surface area contributed by atoms with Gasteiger partial charge >= 0.3 is 0 Å². The van der Waals surface area contributed by atoms with Gasteiger partial charge in [-0.05, 0) is 31.2 Å². The van der Waals surface area contributed by atoms with E-state index in [4.69, 9.17) is 0 Å². The lowest BCUT2D eigenvalue weighted by molar-refractivity contribution is -0.132. The van der Waals surface area contributed by atoms with Crippen molar-refractivity contribution in [1.29, 1.82) is 0 Å². The quantitative estimate of drug-likeness (QED) is 0.253. The molecule has 0 aliphatic carbocycles. The SMILES string of the molecule is CCCCCC(=O)N[C@H]1CCC(=O)NCCCCNC(=O)CNC(=O)[C@@H](Cc2ccccc2)NC(=O)CNC1=O. The number of amides is 6. The summed E-state index contributed by atoms with van der Waals surface area (Å²) in [6.45, 7) is 2.10. The topological polar surface area (TPSA) is 175 Å². The first-order valence-corrected chi connectivity index (χ1v) is 14.0. The summed E-state index contributed by atoms with van der Waals surface area (Å²) in [7, 11) is 0. The molecule has 1 saturated heterocycles. The summed E-state index contributed by atoms with van der Waals surface area (Å²) in [4.78, 5) is 75.4. The van der Waals surface area contributed by atoms with Gasteiger partial charge in [0.1, 0.15) is 12.1 Å². The predicted octanol–water partition coefficient (Wildman–Crippen LogP) is -0.182. The minimum Gasteiger partial charge on any atom is -0.356 e. The summed E-state index contributed by atoms with van der Waals surface area (Å²) in [6.07, 6.45) is 4.27. The van der Waals surface area contributed by atoms with E-state index in [1.807, 2.05) is 37.3 Å². The molecule has 1 aliphatic rings. The Labute approximate surface area is 235 Å². The lowest BCUT2D eigenvalue weighted by atomic mass is 10.1. The van der Waals surface area contributed by atoms with Crippen molar-refractivity contribution >= 4 is 35.4 Å². The van der Waals surface area contributed by atoms with E-state index in [-0.39, 0.29) is 49.9 Å². The van der Waals surface area contributed by atoms with E-state index in [0.717, 1.165) is 18.4 Å². The van der Waals surface area contributed by atoms with Gasteiger partial charge in [-0.25, -0.2) is 0 Å². The minimum absolute atomic E-state index is 0.00950. The molecule has 0 spiro atoms. The highest BCUT2D eigenvalue weighted by Gasteiger charge is 2.25. The standard InChI is InChI=1S/C28H42N6O6/c1-2-3-5-12-24(36)33-21-13-14-23(35)29-15-8-9-16-30-25(37)18-31-28(40)22(17-20-10-6-4-7-11-20)34-26(38)19-32-27(21)39/h4,6-7,10-11,21-22H,2-3,5,8-9,12-19H2,1H3,(H,29,35)(H,30,37)(H,31,40)(H,32,39)(H,33,36)(H,34,38)/t21-,22+/m0/s1. The van der Waals surface area contributed by atoms with Crippen LogP contribution in [0.4, 0.5) is 0 Å². The Morgan fingerprint density at radius 3 is 2.17 bits per heavy atom. The smallest absolute Gasteiger partial charge is 0.243 e. The number of hydrogen-bond acceptors (Lipinski definition) is 6. The largest absolute Gasteiger partial charge is 0.356 e. The Morgan fingerprint density at radius 1 is 0.825 bits per heavy atom. The molecule has 0 saturated carbocycles. The van der Waals surface area contributed by atoms with Gasteiger partial charge in [0.25, 0.3) is 0 Å². The number of unbranched alkanes of at least 4 members (excludes halogenated alkanes) is 2. The monoisotopic (exact) mass is 558 g/mol. The summed E-state index contributed by atoms with van der Waals surface area (Å²) < 4.78 is 0. The molecule has 40 heavy (non-hydrogen) atoms. The molecule has 0 radical (unpaired) electrons. The molecule has 1 aliphatic heterocycles. The fourth-order valence-corrected chi connectivity index (χ4v) is 4.09. The van der Waals surface area contributed by atoms with E-state index in [0.29, 0.717) is 32.4 Å². The molecule has 1 aromatic carbocycles. The molecule has 2 rings (SSSR count). The highest BCUT2D eigenvalue weighted by atomic mass is 16.2. The predicted molar refractivity (Wildman–Crippen MR) is 149 cm³/mol. The molecule has 12 nitrogen and oxygen atoms in total. The van der Waals surface area contributed by atoms with Crippen molar-refractivity contribution in [3.8, 4) is 0 Å². The van der Waals surface area contributed by atoms with E-state index < -0.39 is 36.3 Å². The number of benzene rings is 1. The zero-order valence-electron chi connectivity index (χ0n) is 23.2. The van der Waals surface area contributed by atoms with Crippen LogP contribution in [0.25, 0.3) is 0 Å². The second-order valence-electron chi connectivity index (χ2n) is 9.77. The maximum Gasteiger partial charge on any atom is 0.243 e. The lowest BCUT2D eigenvalue weighted by Gasteiger charge is -2.21. The van der Waals surface area contributed by atoms with Gasteiger partial charge in [0.15, 0.2) is 0 Å². The molecule has 6 N–H and O–H groups in total. The first kappa shape index (κ1) is 32.3. The third kappa shape index (κ3) is 13.2. The van der Waals surface area contributed by atoms with Gasteiger partial charge in [-0.15, -0.1) is 0 Å². The molecule has 1 fully saturated rings. The Morgan fingerprint density at radius 2 is 1.48 bits per heavy atom. The number of rotatable bonds is 7. The molecule has 1 heterocycles. The van der Waals surface area contributed by atoms with Crippen molar-refractivity contribution in [1.82, 2.24) is 31.9 Å². The third-order valence-corrected chi connectivity index (χ3v) is 6.35. The summed E-state index contributed by atoms with van der Waals surface area (Å²) in [5.41, 5.74) is 0.801. The summed E-state index contributed by atoms with van der Waals surface area (Å²) in [5, 5.41) is 15.8. The van der Waals surface area contributed by atoms with Gasteiger partial charge in [-0.1, -0.05) is 50.1 Å². The second-order valence-corrected chi connectivity index (χ2v) is 9.77. The molecular formula is C28H42N6O6. The summed E-state index contributed by atoms with van der Waals surface area (Å²) >= 11 is 0. The van der Waals surface area contributed by atoms with Crippen molar-refractivity contribution in [2.75, 3.05) is 26.2 Å². The number of carbonyl (C=O) groups is 6. The number of hydrogen-bond donors (Lipinski definition) is 6. The van der Waals surface area contributed by atoms with Gasteiger partial charge in [-0.2, -0.15) is 0 Å². The van der Waals surface area contributed by atoms with E-state index in [1.54, 1.807) is 0 Å². The fraction of sp³-hybridized carbons (Fsp3) is 0.571. The van der Waals surface area contributed by atoms with Crippen LogP contribution in [-0.2, 0) is 35.2 Å². The summed E-state index contributed by atoms with van der Waals surface area (Å²) in [5.74, 6) is -2.68. The van der Waals surface area contributed by atoms with Crippen molar-refractivity contribution in [3.05, 3.63) is 35.9 Å². The highest BCUT2D eigenvalue weighted by Crippen LogP contribution is 2.05. The molecule has 1 aromatic rings. The molecule has 2 atom stereocenters. The fourth-order valence-electron chi connectivity index (χ4n) is 4.09. The van der Waals surface area contributed by atoms with Crippen molar-refractivity contribution < 1.29 is 28.8 Å². The van der Waals surface area contributed by atoms with Gasteiger partial charge in [0.2, 0.25) is 35.4 Å². The van der Waals surface area contributed by atoms with Crippen LogP contribution in [0, 0.1) is 0 Å². The number of nitrogens with one attached hydrogen (secondary N) is 6. The highest BCUT2D eigenvalue weighted by molar-refractivity contribution is 5.93. The van der Waals surface area contributed by atoms with Gasteiger partial charge < -0.3 is 31.9 Å². The average Bonchev–Trinajstić information content (AvgIpc) is 2.94. The molecule has 6 amide bonds. The van der Waals surface area contributed by atoms with Crippen LogP contribution in [0.5, 0.6) is 0 Å². The first-order chi connectivity index (χ1) is 19.3. The Bertz CT molecular complexity index is 1000. The molecule has 0 unspecified atom stereocenters. The Hall–Kier alpha value is -3.96. The molecule has 0 bridgehead atoms. The minimum atomic E-state index is -0.989. The molecule has 0 aromatic heterocycles. The van der Waals surface area contributed by atoms with Crippen molar-refractivity contribution in [2.24, 2.45) is 0 Å². The van der Waals surface area contributed by atoms with Crippen molar-refractivity contribution in [3.63, 3.8) is 0 Å². The Kier molecular flexibility index (Phi) is 14.8. The molecular weight excluding hydrogens is 516 g/mol. The average molecular weight is 559 g/mol. The van der Waals surface area contributed by atoms with Gasteiger partial charge in [0.05, 0.1) is 13.1 Å². The van der Waals surface area contributed by atoms with Gasteiger partial charge in [-0.3, -0.25) is 28.8 Å². The van der Waals surface area contributed by atoms with Crippen LogP contribution in [0.1, 0.15) is 63.9 Å². The van der Waals surface area contributed by atoms with Crippen LogP contribution in [0.3, 0.4) is 0 Å². The van der Waals surface area contributed by atoms with Crippen LogP contribution < -0.4 is 31.9 Å². The second kappa shape index (κ2) is 18.3. The maximum atomic E-state index is 12.9. The van der Waals surface area contributed by atoms with E-state index >= 15 is 0 Å². The first-order valence-electron chi connectivity index (χ1n) is 14.0. The van der Waals surface area contributed by atoms with Crippen LogP contribution in [0.15, 0.2) is 30.3 Å². The third-order valence-electron chi connectivity index (χ3n) is 6.35. The molecule has 220 valence electrons. The normalized spacial score (nSPS) is 20.7. The zero-order chi connectivity index (χ0) is 29.2. The van der Waals surface area contributed by atoms with E-state index in [1.165, 1.54) is 0 Å². The lowest BCUT2D eigenvalue weighted by Crippen LogP contribution is -2.53. The summed E-state index contributed by atoms with van der Waals surface area (Å²) in [6, 6.07) is 7.11. The van der Waals surface area contributed by atoms with E-state index in [2.05, 4.69) is 31.9 Å².